The molecule has 0 heterocycles. The molecular weight excluding hydrogens is 352 g/mol. The summed E-state index contributed by atoms with van der Waals surface area (Å²) < 4.78 is 0. The molecule has 10 nitrogen and oxygen atoms in total. The summed E-state index contributed by atoms with van der Waals surface area (Å²) in [6.45, 7) is 3.97. The fourth-order valence-electron chi connectivity index (χ4n) is 1.80. The van der Waals surface area contributed by atoms with E-state index in [-0.39, 0.29) is 11.7 Å². The van der Waals surface area contributed by atoms with E-state index >= 15 is 0 Å². The molecule has 3 amide bonds. The van der Waals surface area contributed by atoms with Crippen molar-refractivity contribution in [3.63, 3.8) is 0 Å². The number of thiol groups is 1. The highest BCUT2D eigenvalue weighted by atomic mass is 32.1. The van der Waals surface area contributed by atoms with Crippen LogP contribution in [0.25, 0.3) is 0 Å². The molecule has 0 spiro atoms. The molecule has 11 heteroatoms. The quantitative estimate of drug-likeness (QED) is 0.205. The molecule has 0 aliphatic rings. The van der Waals surface area contributed by atoms with Crippen molar-refractivity contribution in [2.45, 2.75) is 45.0 Å². The molecule has 4 unspecified atom stereocenters. The molecule has 0 aromatic carbocycles. The number of aliphatic hydroxyl groups is 1. The zero-order valence-electron chi connectivity index (χ0n) is 14.4. The van der Waals surface area contributed by atoms with Crippen molar-refractivity contribution in [2.24, 2.45) is 11.7 Å². The summed E-state index contributed by atoms with van der Waals surface area (Å²) >= 11 is 3.91. The normalized spacial score (nSPS) is 15.6. The first kappa shape index (κ1) is 23.1. The van der Waals surface area contributed by atoms with Crippen molar-refractivity contribution in [1.29, 1.82) is 0 Å². The Morgan fingerprint density at radius 3 is 1.92 bits per heavy atom. The molecule has 0 saturated heterocycles. The maximum atomic E-state index is 12.4. The van der Waals surface area contributed by atoms with E-state index in [4.69, 9.17) is 10.8 Å². The van der Waals surface area contributed by atoms with E-state index in [0.717, 1.165) is 0 Å². The van der Waals surface area contributed by atoms with Gasteiger partial charge in [0.15, 0.2) is 0 Å². The van der Waals surface area contributed by atoms with Crippen molar-refractivity contribution in [3.8, 4) is 0 Å². The Hall–Kier alpha value is -1.85. The van der Waals surface area contributed by atoms with Crippen molar-refractivity contribution in [1.82, 2.24) is 16.0 Å². The highest BCUT2D eigenvalue weighted by molar-refractivity contribution is 7.80. The molecular formula is C14H26N4O6S. The van der Waals surface area contributed by atoms with Gasteiger partial charge in [0.1, 0.15) is 18.6 Å². The molecule has 0 rings (SSSR count). The van der Waals surface area contributed by atoms with Gasteiger partial charge in [-0.3, -0.25) is 19.2 Å². The van der Waals surface area contributed by atoms with Gasteiger partial charge in [0, 0.05) is 5.75 Å². The molecule has 144 valence electrons. The van der Waals surface area contributed by atoms with Crippen LogP contribution in [0, 0.1) is 5.92 Å². The van der Waals surface area contributed by atoms with Gasteiger partial charge < -0.3 is 31.9 Å². The average molecular weight is 378 g/mol. The predicted molar refractivity (Wildman–Crippen MR) is 92.9 cm³/mol. The number of carbonyl (C=O) groups excluding carboxylic acids is 3. The standard InChI is InChI=1S/C14H26N4O6S/c1-6(2)10(17-12(22)8(15)5-25)14(24)18-11(7(3)19)13(23)16-4-9(20)21/h6-8,10-11,19,25H,4-5,15H2,1-3H3,(H,16,23)(H,17,22)(H,18,24)(H,20,21). The average Bonchev–Trinajstić information content (AvgIpc) is 2.53. The van der Waals surface area contributed by atoms with Crippen molar-refractivity contribution in [3.05, 3.63) is 0 Å². The fourth-order valence-corrected chi connectivity index (χ4v) is 1.96. The van der Waals surface area contributed by atoms with Gasteiger partial charge in [-0.05, 0) is 12.8 Å². The number of aliphatic hydroxyl groups excluding tert-OH is 1. The van der Waals surface area contributed by atoms with Crippen LogP contribution in [-0.4, -0.2) is 70.4 Å². The lowest BCUT2D eigenvalue weighted by Gasteiger charge is -2.27. The molecule has 0 radical (unpaired) electrons. The third kappa shape index (κ3) is 8.18. The summed E-state index contributed by atoms with van der Waals surface area (Å²) in [5.41, 5.74) is 5.55. The van der Waals surface area contributed by atoms with Crippen LogP contribution in [0.15, 0.2) is 0 Å². The Bertz CT molecular complexity index is 500. The molecule has 0 bridgehead atoms. The molecule has 0 aliphatic carbocycles. The number of carbonyl (C=O) groups is 4. The van der Waals surface area contributed by atoms with Gasteiger partial charge in [0.25, 0.3) is 0 Å². The topological polar surface area (TPSA) is 171 Å². The van der Waals surface area contributed by atoms with E-state index in [1.807, 2.05) is 0 Å². The summed E-state index contributed by atoms with van der Waals surface area (Å²) in [5, 5.41) is 25.1. The van der Waals surface area contributed by atoms with Gasteiger partial charge in [-0.2, -0.15) is 12.6 Å². The van der Waals surface area contributed by atoms with Gasteiger partial charge in [0.2, 0.25) is 17.7 Å². The number of carboxylic acid groups (broad SMARTS) is 1. The van der Waals surface area contributed by atoms with Crippen molar-refractivity contribution in [2.75, 3.05) is 12.3 Å². The van der Waals surface area contributed by atoms with Gasteiger partial charge in [-0.25, -0.2) is 0 Å². The van der Waals surface area contributed by atoms with Crippen molar-refractivity contribution < 1.29 is 29.4 Å². The minimum atomic E-state index is -1.37. The van der Waals surface area contributed by atoms with Crippen LogP contribution in [0.5, 0.6) is 0 Å². The zero-order chi connectivity index (χ0) is 19.7. The van der Waals surface area contributed by atoms with Crippen LogP contribution in [0.4, 0.5) is 0 Å². The van der Waals surface area contributed by atoms with Gasteiger partial charge in [-0.1, -0.05) is 13.8 Å². The highest BCUT2D eigenvalue weighted by Gasteiger charge is 2.31. The van der Waals surface area contributed by atoms with Gasteiger partial charge >= 0.3 is 5.97 Å². The molecule has 4 atom stereocenters. The third-order valence-electron chi connectivity index (χ3n) is 3.26. The Morgan fingerprint density at radius 2 is 1.52 bits per heavy atom. The second-order valence-electron chi connectivity index (χ2n) is 5.86. The summed E-state index contributed by atoms with van der Waals surface area (Å²) in [7, 11) is 0. The van der Waals surface area contributed by atoms with Crippen LogP contribution in [-0.2, 0) is 19.2 Å². The van der Waals surface area contributed by atoms with Crippen LogP contribution in [0.3, 0.4) is 0 Å². The van der Waals surface area contributed by atoms with E-state index in [1.54, 1.807) is 13.8 Å². The smallest absolute Gasteiger partial charge is 0.322 e. The van der Waals surface area contributed by atoms with Crippen LogP contribution >= 0.6 is 12.6 Å². The van der Waals surface area contributed by atoms with E-state index in [0.29, 0.717) is 0 Å². The third-order valence-corrected chi connectivity index (χ3v) is 3.65. The molecule has 0 fully saturated rings. The number of nitrogens with two attached hydrogens (primary N) is 1. The number of aliphatic carboxylic acids is 1. The SMILES string of the molecule is CC(C)C(NC(=O)C(N)CS)C(=O)NC(C(=O)NCC(=O)O)C(C)O. The molecule has 7 N–H and O–H groups in total. The van der Waals surface area contributed by atoms with E-state index < -0.39 is 54.5 Å². The van der Waals surface area contributed by atoms with Gasteiger partial charge in [0.05, 0.1) is 12.1 Å². The lowest BCUT2D eigenvalue weighted by molar-refractivity contribution is -0.139. The minimum Gasteiger partial charge on any atom is -0.480 e. The van der Waals surface area contributed by atoms with Gasteiger partial charge in [-0.15, -0.1) is 0 Å². The highest BCUT2D eigenvalue weighted by Crippen LogP contribution is 2.04. The van der Waals surface area contributed by atoms with Crippen LogP contribution < -0.4 is 21.7 Å². The first-order valence-corrected chi connectivity index (χ1v) is 8.29. The predicted octanol–water partition coefficient (Wildman–Crippen LogP) is -2.55. The zero-order valence-corrected chi connectivity index (χ0v) is 15.2. The molecule has 25 heavy (non-hydrogen) atoms. The maximum absolute atomic E-state index is 12.4. The molecule has 0 aromatic heterocycles. The number of rotatable bonds is 10. The first-order valence-electron chi connectivity index (χ1n) is 7.66. The summed E-state index contributed by atoms with van der Waals surface area (Å²) in [6, 6.07) is -3.26. The second kappa shape index (κ2) is 10.9. The van der Waals surface area contributed by atoms with Crippen LogP contribution in [0.1, 0.15) is 20.8 Å². The van der Waals surface area contributed by atoms with E-state index in [2.05, 4.69) is 28.6 Å². The second-order valence-corrected chi connectivity index (χ2v) is 6.22. The number of amides is 3. The molecule has 0 aliphatic heterocycles. The Balaban J connectivity index is 5.06. The summed E-state index contributed by atoms with van der Waals surface area (Å²) in [5.74, 6) is -3.64. The number of hydrogen-bond acceptors (Lipinski definition) is 7. The maximum Gasteiger partial charge on any atom is 0.322 e. The molecule has 0 aromatic rings. The lowest BCUT2D eigenvalue weighted by atomic mass is 10.0. The molecule has 0 saturated carbocycles. The minimum absolute atomic E-state index is 0.0894. The summed E-state index contributed by atoms with van der Waals surface area (Å²) in [4.78, 5) is 46.7. The largest absolute Gasteiger partial charge is 0.480 e. The number of carboxylic acids is 1. The fraction of sp³-hybridized carbons (Fsp3) is 0.714. The Kier molecular flexibility index (Phi) is 10.1. The monoisotopic (exact) mass is 378 g/mol. The van der Waals surface area contributed by atoms with Crippen LogP contribution in [0.2, 0.25) is 0 Å². The first-order chi connectivity index (χ1) is 11.5. The number of nitrogens with one attached hydrogen (secondary N) is 3. The van der Waals surface area contributed by atoms with Crippen molar-refractivity contribution >= 4 is 36.3 Å². The summed E-state index contributed by atoms with van der Waals surface area (Å²) in [6.07, 6.45) is -1.28. The van der Waals surface area contributed by atoms with E-state index in [1.165, 1.54) is 6.92 Å². The number of hydrogen-bond donors (Lipinski definition) is 7. The Morgan fingerprint density at radius 1 is 1.00 bits per heavy atom. The lowest BCUT2D eigenvalue weighted by Crippen LogP contribution is -2.60. The van der Waals surface area contributed by atoms with E-state index in [9.17, 15) is 24.3 Å². The Labute approximate surface area is 151 Å².